The number of nitrogens with two attached hydrogens (primary N) is 1. The van der Waals surface area contributed by atoms with Crippen molar-refractivity contribution < 1.29 is 9.47 Å². The molecule has 3 nitrogen and oxygen atoms in total. The van der Waals surface area contributed by atoms with Crippen molar-refractivity contribution >= 4 is 0 Å². The Morgan fingerprint density at radius 2 is 2.31 bits per heavy atom. The van der Waals surface area contributed by atoms with E-state index >= 15 is 0 Å². The van der Waals surface area contributed by atoms with Gasteiger partial charge in [0.15, 0.2) is 0 Å². The van der Waals surface area contributed by atoms with E-state index < -0.39 is 0 Å². The number of ether oxygens (including phenoxy) is 2. The minimum atomic E-state index is -0.0212. The van der Waals surface area contributed by atoms with E-state index in [9.17, 15) is 0 Å². The number of aryl methyl sites for hydroxylation is 1. The molecule has 0 amide bonds. The first-order chi connectivity index (χ1) is 7.72. The second kappa shape index (κ2) is 4.85. The van der Waals surface area contributed by atoms with E-state index in [0.29, 0.717) is 0 Å². The van der Waals surface area contributed by atoms with Gasteiger partial charge in [-0.05, 0) is 37.0 Å². The first-order valence-corrected chi connectivity index (χ1v) is 5.74. The van der Waals surface area contributed by atoms with Crippen LogP contribution in [0.25, 0.3) is 0 Å². The molecule has 0 aromatic heterocycles. The van der Waals surface area contributed by atoms with Crippen LogP contribution in [0.15, 0.2) is 18.2 Å². The maximum Gasteiger partial charge on any atom is 0.121 e. The molecule has 2 rings (SSSR count). The molecule has 2 atom stereocenters. The Hall–Kier alpha value is -1.06. The molecule has 1 fully saturated rings. The molecule has 1 aliphatic heterocycles. The Morgan fingerprint density at radius 1 is 1.50 bits per heavy atom. The van der Waals surface area contributed by atoms with Gasteiger partial charge in [0.1, 0.15) is 5.75 Å². The molecule has 0 aliphatic carbocycles. The molecule has 2 N–H and O–H groups in total. The highest BCUT2D eigenvalue weighted by Gasteiger charge is 2.24. The van der Waals surface area contributed by atoms with Crippen molar-refractivity contribution in [2.75, 3.05) is 13.7 Å². The maximum absolute atomic E-state index is 6.19. The fraction of sp³-hybridized carbons (Fsp3) is 0.538. The van der Waals surface area contributed by atoms with E-state index in [1.54, 1.807) is 7.11 Å². The molecule has 1 aliphatic rings. The van der Waals surface area contributed by atoms with Gasteiger partial charge in [-0.3, -0.25) is 0 Å². The maximum atomic E-state index is 6.19. The summed E-state index contributed by atoms with van der Waals surface area (Å²) in [6, 6.07) is 6.06. The third kappa shape index (κ3) is 2.20. The number of hydrogen-bond donors (Lipinski definition) is 1. The van der Waals surface area contributed by atoms with Gasteiger partial charge in [0.2, 0.25) is 0 Å². The Kier molecular flexibility index (Phi) is 3.46. The van der Waals surface area contributed by atoms with Crippen LogP contribution in [0.2, 0.25) is 0 Å². The predicted molar refractivity (Wildman–Crippen MR) is 63.6 cm³/mol. The molecular weight excluding hydrogens is 202 g/mol. The molecular formula is C13H19NO2. The Labute approximate surface area is 96.5 Å². The van der Waals surface area contributed by atoms with Crippen molar-refractivity contribution in [2.24, 2.45) is 5.73 Å². The number of hydrogen-bond acceptors (Lipinski definition) is 3. The summed E-state index contributed by atoms with van der Waals surface area (Å²) in [6.07, 6.45) is 2.35. The molecule has 0 bridgehead atoms. The Balaban J connectivity index is 2.16. The van der Waals surface area contributed by atoms with Gasteiger partial charge >= 0.3 is 0 Å². The van der Waals surface area contributed by atoms with Crippen LogP contribution in [0.5, 0.6) is 5.75 Å². The smallest absolute Gasteiger partial charge is 0.121 e. The van der Waals surface area contributed by atoms with E-state index in [1.165, 1.54) is 0 Å². The zero-order valence-electron chi connectivity index (χ0n) is 9.90. The zero-order valence-corrected chi connectivity index (χ0v) is 9.90. The van der Waals surface area contributed by atoms with Crippen molar-refractivity contribution in [3.63, 3.8) is 0 Å². The van der Waals surface area contributed by atoms with E-state index in [0.717, 1.165) is 36.3 Å². The van der Waals surface area contributed by atoms with Gasteiger partial charge < -0.3 is 15.2 Å². The largest absolute Gasteiger partial charge is 0.496 e. The molecule has 88 valence electrons. The van der Waals surface area contributed by atoms with E-state index in [4.69, 9.17) is 15.2 Å². The Morgan fingerprint density at radius 3 is 2.88 bits per heavy atom. The standard InChI is InChI=1S/C13H19NO2/c1-9-8-10(5-6-11(9)15-2)13(14)12-4-3-7-16-12/h5-6,8,12-13H,3-4,7,14H2,1-2H3. The molecule has 1 aromatic rings. The highest BCUT2D eigenvalue weighted by atomic mass is 16.5. The van der Waals surface area contributed by atoms with Crippen LogP contribution in [0, 0.1) is 6.92 Å². The van der Waals surface area contributed by atoms with E-state index in [1.807, 2.05) is 19.1 Å². The SMILES string of the molecule is COc1ccc(C(N)C2CCCO2)cc1C. The van der Waals surface area contributed by atoms with Gasteiger partial charge in [-0.1, -0.05) is 12.1 Å². The van der Waals surface area contributed by atoms with Gasteiger partial charge in [-0.15, -0.1) is 0 Å². The quantitative estimate of drug-likeness (QED) is 0.850. The summed E-state index contributed by atoms with van der Waals surface area (Å²) < 4.78 is 10.8. The molecule has 1 heterocycles. The summed E-state index contributed by atoms with van der Waals surface area (Å²) in [5.74, 6) is 0.906. The number of rotatable bonds is 3. The molecule has 2 unspecified atom stereocenters. The van der Waals surface area contributed by atoms with Crippen LogP contribution in [0.3, 0.4) is 0 Å². The highest BCUT2D eigenvalue weighted by Crippen LogP contribution is 2.27. The van der Waals surface area contributed by atoms with Gasteiger partial charge in [0, 0.05) is 6.61 Å². The van der Waals surface area contributed by atoms with Crippen molar-refractivity contribution in [2.45, 2.75) is 31.9 Å². The monoisotopic (exact) mass is 221 g/mol. The molecule has 1 saturated heterocycles. The zero-order chi connectivity index (χ0) is 11.5. The third-order valence-electron chi connectivity index (χ3n) is 3.17. The van der Waals surface area contributed by atoms with Gasteiger partial charge in [-0.25, -0.2) is 0 Å². The molecule has 0 saturated carbocycles. The van der Waals surface area contributed by atoms with Gasteiger partial charge in [0.05, 0.1) is 19.3 Å². The lowest BCUT2D eigenvalue weighted by Gasteiger charge is -2.19. The lowest BCUT2D eigenvalue weighted by Crippen LogP contribution is -2.25. The van der Waals surface area contributed by atoms with Gasteiger partial charge in [0.25, 0.3) is 0 Å². The fourth-order valence-electron chi connectivity index (χ4n) is 2.21. The molecule has 0 radical (unpaired) electrons. The Bertz CT molecular complexity index is 359. The summed E-state index contributed by atoms with van der Waals surface area (Å²) in [5, 5.41) is 0. The van der Waals surface area contributed by atoms with Crippen LogP contribution in [-0.4, -0.2) is 19.8 Å². The lowest BCUT2D eigenvalue weighted by molar-refractivity contribution is 0.0900. The molecule has 16 heavy (non-hydrogen) atoms. The van der Waals surface area contributed by atoms with Crippen LogP contribution in [0.1, 0.15) is 30.0 Å². The van der Waals surface area contributed by atoms with E-state index in [2.05, 4.69) is 6.07 Å². The molecule has 0 spiro atoms. The second-order valence-electron chi connectivity index (χ2n) is 4.31. The summed E-state index contributed by atoms with van der Waals surface area (Å²) in [6.45, 7) is 2.87. The van der Waals surface area contributed by atoms with Crippen LogP contribution in [0.4, 0.5) is 0 Å². The predicted octanol–water partition coefficient (Wildman–Crippen LogP) is 2.18. The first-order valence-electron chi connectivity index (χ1n) is 5.74. The highest BCUT2D eigenvalue weighted by molar-refractivity contribution is 5.37. The summed E-state index contributed by atoms with van der Waals surface area (Å²) in [4.78, 5) is 0. The normalized spacial score (nSPS) is 22.1. The minimum Gasteiger partial charge on any atom is -0.496 e. The third-order valence-corrected chi connectivity index (χ3v) is 3.17. The van der Waals surface area contributed by atoms with Crippen molar-refractivity contribution in [3.8, 4) is 5.75 Å². The van der Waals surface area contributed by atoms with Crippen molar-refractivity contribution in [1.29, 1.82) is 0 Å². The van der Waals surface area contributed by atoms with E-state index in [-0.39, 0.29) is 12.1 Å². The second-order valence-corrected chi connectivity index (χ2v) is 4.31. The molecule has 1 aromatic carbocycles. The summed E-state index contributed by atoms with van der Waals surface area (Å²) in [7, 11) is 1.68. The van der Waals surface area contributed by atoms with Crippen molar-refractivity contribution in [1.82, 2.24) is 0 Å². The van der Waals surface area contributed by atoms with Crippen molar-refractivity contribution in [3.05, 3.63) is 29.3 Å². The molecule has 3 heteroatoms. The average molecular weight is 221 g/mol. The van der Waals surface area contributed by atoms with Crippen LogP contribution in [-0.2, 0) is 4.74 Å². The number of methoxy groups -OCH3 is 1. The minimum absolute atomic E-state index is 0.0212. The first kappa shape index (κ1) is 11.4. The van der Waals surface area contributed by atoms with Crippen LogP contribution >= 0.6 is 0 Å². The van der Waals surface area contributed by atoms with Gasteiger partial charge in [-0.2, -0.15) is 0 Å². The lowest BCUT2D eigenvalue weighted by atomic mass is 9.98. The summed E-state index contributed by atoms with van der Waals surface area (Å²) >= 11 is 0. The summed E-state index contributed by atoms with van der Waals surface area (Å²) in [5.41, 5.74) is 8.44. The number of benzene rings is 1. The topological polar surface area (TPSA) is 44.5 Å². The van der Waals surface area contributed by atoms with Crippen LogP contribution < -0.4 is 10.5 Å². The fourth-order valence-corrected chi connectivity index (χ4v) is 2.21. The average Bonchev–Trinajstić information content (AvgIpc) is 2.81.